The molecule has 2 heterocycles. The summed E-state index contributed by atoms with van der Waals surface area (Å²) in [6.07, 6.45) is 0.497. The van der Waals surface area contributed by atoms with E-state index in [2.05, 4.69) is 4.98 Å². The van der Waals surface area contributed by atoms with Gasteiger partial charge in [0.15, 0.2) is 0 Å². The zero-order valence-corrected chi connectivity index (χ0v) is 8.96. The van der Waals surface area contributed by atoms with Crippen molar-refractivity contribution in [3.8, 4) is 0 Å². The largest absolute Gasteiger partial charge is 0.382 e. The molecular formula is C11H10FNOS. The van der Waals surface area contributed by atoms with E-state index in [0.29, 0.717) is 5.56 Å². The van der Waals surface area contributed by atoms with Crippen LogP contribution in [0.1, 0.15) is 22.2 Å². The van der Waals surface area contributed by atoms with E-state index in [4.69, 9.17) is 0 Å². The summed E-state index contributed by atoms with van der Waals surface area (Å²) in [7, 11) is 0. The molecule has 0 spiro atoms. The van der Waals surface area contributed by atoms with Gasteiger partial charge in [-0.15, -0.1) is 11.3 Å². The fourth-order valence-corrected chi connectivity index (χ4v) is 2.09. The zero-order valence-electron chi connectivity index (χ0n) is 8.14. The van der Waals surface area contributed by atoms with Crippen molar-refractivity contribution in [2.24, 2.45) is 0 Å². The topological polar surface area (TPSA) is 33.1 Å². The van der Waals surface area contributed by atoms with Gasteiger partial charge in [0.05, 0.1) is 0 Å². The summed E-state index contributed by atoms with van der Waals surface area (Å²) in [6.45, 7) is 1.94. The maximum atomic E-state index is 13.3. The summed E-state index contributed by atoms with van der Waals surface area (Å²) >= 11 is 1.52. The van der Waals surface area contributed by atoms with Crippen LogP contribution in [0.5, 0.6) is 0 Å². The lowest BCUT2D eigenvalue weighted by Gasteiger charge is -2.08. The Morgan fingerprint density at radius 3 is 2.93 bits per heavy atom. The Labute approximate surface area is 91.0 Å². The van der Waals surface area contributed by atoms with E-state index < -0.39 is 11.9 Å². The van der Waals surface area contributed by atoms with E-state index in [1.807, 2.05) is 18.4 Å². The van der Waals surface area contributed by atoms with Crippen molar-refractivity contribution in [2.45, 2.75) is 13.0 Å². The molecule has 0 aliphatic carbocycles. The van der Waals surface area contributed by atoms with Crippen LogP contribution in [-0.2, 0) is 0 Å². The van der Waals surface area contributed by atoms with Gasteiger partial charge in [0, 0.05) is 11.1 Å². The van der Waals surface area contributed by atoms with Crippen molar-refractivity contribution in [2.75, 3.05) is 0 Å². The Bertz CT molecular complexity index is 469. The standard InChI is InChI=1S/C11H10FNOS/c1-7-5-8(6-15-7)11(14)10-9(12)3-2-4-13-10/h2-6,11,14H,1H3. The molecule has 1 atom stereocenters. The minimum absolute atomic E-state index is 0.0790. The summed E-state index contributed by atoms with van der Waals surface area (Å²) < 4.78 is 13.3. The lowest BCUT2D eigenvalue weighted by molar-refractivity contribution is 0.210. The van der Waals surface area contributed by atoms with Crippen molar-refractivity contribution in [3.63, 3.8) is 0 Å². The van der Waals surface area contributed by atoms with Gasteiger partial charge in [-0.25, -0.2) is 4.39 Å². The van der Waals surface area contributed by atoms with Gasteiger partial charge in [0.1, 0.15) is 17.6 Å². The Morgan fingerprint density at radius 1 is 1.53 bits per heavy atom. The lowest BCUT2D eigenvalue weighted by atomic mass is 10.1. The van der Waals surface area contributed by atoms with E-state index in [9.17, 15) is 9.50 Å². The van der Waals surface area contributed by atoms with Crippen LogP contribution in [0, 0.1) is 12.7 Å². The van der Waals surface area contributed by atoms with E-state index in [0.717, 1.165) is 4.88 Å². The Morgan fingerprint density at radius 2 is 2.33 bits per heavy atom. The lowest BCUT2D eigenvalue weighted by Crippen LogP contribution is -2.03. The van der Waals surface area contributed by atoms with Crippen LogP contribution in [0.15, 0.2) is 29.8 Å². The number of nitrogens with zero attached hydrogens (tertiary/aromatic N) is 1. The first kappa shape index (κ1) is 10.3. The smallest absolute Gasteiger partial charge is 0.147 e. The fourth-order valence-electron chi connectivity index (χ4n) is 1.36. The second kappa shape index (κ2) is 4.08. The first-order valence-electron chi connectivity index (χ1n) is 4.52. The molecule has 78 valence electrons. The van der Waals surface area contributed by atoms with Gasteiger partial charge in [-0.1, -0.05) is 0 Å². The van der Waals surface area contributed by atoms with E-state index in [-0.39, 0.29) is 5.69 Å². The molecule has 15 heavy (non-hydrogen) atoms. The van der Waals surface area contributed by atoms with E-state index in [1.165, 1.54) is 29.7 Å². The van der Waals surface area contributed by atoms with E-state index >= 15 is 0 Å². The maximum absolute atomic E-state index is 13.3. The van der Waals surface area contributed by atoms with Crippen LogP contribution in [-0.4, -0.2) is 10.1 Å². The predicted molar refractivity (Wildman–Crippen MR) is 57.3 cm³/mol. The number of pyridine rings is 1. The van der Waals surface area contributed by atoms with Gasteiger partial charge in [0.25, 0.3) is 0 Å². The van der Waals surface area contributed by atoms with Crippen molar-refractivity contribution in [3.05, 3.63) is 51.7 Å². The second-order valence-corrected chi connectivity index (χ2v) is 4.38. The Hall–Kier alpha value is -1.26. The van der Waals surface area contributed by atoms with Crippen LogP contribution < -0.4 is 0 Å². The number of aryl methyl sites for hydroxylation is 1. The molecule has 0 radical (unpaired) electrons. The number of thiophene rings is 1. The van der Waals surface area contributed by atoms with Crippen LogP contribution in [0.4, 0.5) is 4.39 Å². The minimum atomic E-state index is -0.976. The van der Waals surface area contributed by atoms with Crippen molar-refractivity contribution < 1.29 is 9.50 Å². The predicted octanol–water partition coefficient (Wildman–Crippen LogP) is 2.67. The number of aliphatic hydroxyl groups excluding tert-OH is 1. The van der Waals surface area contributed by atoms with Gasteiger partial charge < -0.3 is 5.11 Å². The molecule has 1 unspecified atom stereocenters. The van der Waals surface area contributed by atoms with Crippen molar-refractivity contribution in [1.82, 2.24) is 4.98 Å². The fraction of sp³-hybridized carbons (Fsp3) is 0.182. The summed E-state index contributed by atoms with van der Waals surface area (Å²) in [6, 6.07) is 4.64. The number of aliphatic hydroxyl groups is 1. The molecule has 0 bridgehead atoms. The third-order valence-corrected chi connectivity index (χ3v) is 2.99. The summed E-state index contributed by atoms with van der Waals surface area (Å²) in [5, 5.41) is 11.7. The maximum Gasteiger partial charge on any atom is 0.147 e. The molecule has 0 amide bonds. The highest BCUT2D eigenvalue weighted by atomic mass is 32.1. The zero-order chi connectivity index (χ0) is 10.8. The monoisotopic (exact) mass is 223 g/mol. The molecule has 4 heteroatoms. The molecule has 0 saturated heterocycles. The molecule has 2 aromatic rings. The average molecular weight is 223 g/mol. The summed E-state index contributed by atoms with van der Waals surface area (Å²) in [5.41, 5.74) is 0.769. The molecule has 0 aromatic carbocycles. The molecule has 2 nitrogen and oxygen atoms in total. The van der Waals surface area contributed by atoms with Gasteiger partial charge in [-0.3, -0.25) is 4.98 Å². The summed E-state index contributed by atoms with van der Waals surface area (Å²) in [5.74, 6) is -0.478. The number of rotatable bonds is 2. The molecule has 0 aliphatic rings. The molecular weight excluding hydrogens is 213 g/mol. The van der Waals surface area contributed by atoms with Crippen molar-refractivity contribution in [1.29, 1.82) is 0 Å². The average Bonchev–Trinajstić information content (AvgIpc) is 2.65. The van der Waals surface area contributed by atoms with Gasteiger partial charge in [-0.05, 0) is 36.1 Å². The normalized spacial score (nSPS) is 12.7. The third kappa shape index (κ3) is 2.06. The van der Waals surface area contributed by atoms with Gasteiger partial charge in [0.2, 0.25) is 0 Å². The SMILES string of the molecule is Cc1cc(C(O)c2ncccc2F)cs1. The number of hydrogen-bond acceptors (Lipinski definition) is 3. The molecule has 2 rings (SSSR count). The van der Waals surface area contributed by atoms with Crippen molar-refractivity contribution >= 4 is 11.3 Å². The van der Waals surface area contributed by atoms with E-state index in [1.54, 1.807) is 0 Å². The molecule has 0 aliphatic heterocycles. The molecule has 0 fully saturated rings. The molecule has 1 N–H and O–H groups in total. The second-order valence-electron chi connectivity index (χ2n) is 3.26. The molecule has 0 saturated carbocycles. The van der Waals surface area contributed by atoms with Crippen LogP contribution >= 0.6 is 11.3 Å². The highest BCUT2D eigenvalue weighted by Gasteiger charge is 2.16. The highest BCUT2D eigenvalue weighted by Crippen LogP contribution is 2.26. The number of hydrogen-bond donors (Lipinski definition) is 1. The van der Waals surface area contributed by atoms with Gasteiger partial charge in [-0.2, -0.15) is 0 Å². The van der Waals surface area contributed by atoms with Crippen LogP contribution in [0.2, 0.25) is 0 Å². The third-order valence-electron chi connectivity index (χ3n) is 2.11. The molecule has 2 aromatic heterocycles. The Balaban J connectivity index is 2.36. The minimum Gasteiger partial charge on any atom is -0.382 e. The van der Waals surface area contributed by atoms with Gasteiger partial charge >= 0.3 is 0 Å². The summed E-state index contributed by atoms with van der Waals surface area (Å²) in [4.78, 5) is 4.93. The Kier molecular flexibility index (Phi) is 2.79. The van der Waals surface area contributed by atoms with Crippen LogP contribution in [0.3, 0.4) is 0 Å². The number of halogens is 1. The first-order chi connectivity index (χ1) is 7.18. The van der Waals surface area contributed by atoms with Crippen LogP contribution in [0.25, 0.3) is 0 Å². The highest BCUT2D eigenvalue weighted by molar-refractivity contribution is 7.10. The quantitative estimate of drug-likeness (QED) is 0.849. The number of aromatic nitrogens is 1. The first-order valence-corrected chi connectivity index (χ1v) is 5.40.